The van der Waals surface area contributed by atoms with Gasteiger partial charge in [0.1, 0.15) is 5.75 Å². The highest BCUT2D eigenvalue weighted by molar-refractivity contribution is 5.28. The van der Waals surface area contributed by atoms with Crippen molar-refractivity contribution in [1.29, 1.82) is 0 Å². The van der Waals surface area contributed by atoms with Gasteiger partial charge in [0.05, 0.1) is 0 Å². The van der Waals surface area contributed by atoms with Crippen molar-refractivity contribution < 1.29 is 17.9 Å². The Bertz CT molecular complexity index is 305. The van der Waals surface area contributed by atoms with Crippen molar-refractivity contribution in [3.63, 3.8) is 0 Å². The Labute approximate surface area is 85.8 Å². The smallest absolute Gasteiger partial charge is 0.422 e. The Balaban J connectivity index is 2.57. The molecule has 0 unspecified atom stereocenters. The van der Waals surface area contributed by atoms with Gasteiger partial charge in [-0.25, -0.2) is 0 Å². The van der Waals surface area contributed by atoms with Crippen molar-refractivity contribution in [3.8, 4) is 5.75 Å². The zero-order valence-corrected chi connectivity index (χ0v) is 8.21. The molecule has 0 aromatic heterocycles. The van der Waals surface area contributed by atoms with Crippen molar-refractivity contribution in [2.75, 3.05) is 6.61 Å². The lowest BCUT2D eigenvalue weighted by Crippen LogP contribution is -2.19. The number of hydrogen-bond acceptors (Lipinski definition) is 2. The molecule has 0 bridgehead atoms. The minimum absolute atomic E-state index is 0.137. The molecule has 0 radical (unpaired) electrons. The third kappa shape index (κ3) is 4.20. The van der Waals surface area contributed by atoms with E-state index in [-0.39, 0.29) is 11.8 Å². The minimum Gasteiger partial charge on any atom is -0.484 e. The maximum Gasteiger partial charge on any atom is 0.422 e. The molecule has 1 atom stereocenters. The van der Waals surface area contributed by atoms with E-state index in [1.165, 1.54) is 12.1 Å². The molecule has 0 saturated carbocycles. The topological polar surface area (TPSA) is 35.2 Å². The van der Waals surface area contributed by atoms with E-state index in [1.54, 1.807) is 19.1 Å². The van der Waals surface area contributed by atoms with Gasteiger partial charge in [-0.1, -0.05) is 12.1 Å². The highest BCUT2D eigenvalue weighted by atomic mass is 19.4. The van der Waals surface area contributed by atoms with Crippen molar-refractivity contribution in [2.45, 2.75) is 19.1 Å². The van der Waals surface area contributed by atoms with Gasteiger partial charge in [0.15, 0.2) is 6.61 Å². The molecule has 2 nitrogen and oxygen atoms in total. The second kappa shape index (κ2) is 4.53. The summed E-state index contributed by atoms with van der Waals surface area (Å²) in [6, 6.07) is 6.11. The van der Waals surface area contributed by atoms with Crippen LogP contribution in [0.15, 0.2) is 24.3 Å². The monoisotopic (exact) mass is 219 g/mol. The molecule has 1 aromatic carbocycles. The first-order chi connectivity index (χ1) is 6.88. The van der Waals surface area contributed by atoms with Crippen molar-refractivity contribution in [3.05, 3.63) is 29.8 Å². The summed E-state index contributed by atoms with van der Waals surface area (Å²) >= 11 is 0. The van der Waals surface area contributed by atoms with E-state index in [0.717, 1.165) is 5.56 Å². The summed E-state index contributed by atoms with van der Waals surface area (Å²) in [5.74, 6) is 0.191. The number of halogens is 3. The van der Waals surface area contributed by atoms with Gasteiger partial charge < -0.3 is 10.5 Å². The van der Waals surface area contributed by atoms with E-state index < -0.39 is 12.8 Å². The summed E-state index contributed by atoms with van der Waals surface area (Å²) in [6.45, 7) is 0.524. The number of hydrogen-bond donors (Lipinski definition) is 1. The zero-order chi connectivity index (χ0) is 11.5. The molecule has 15 heavy (non-hydrogen) atoms. The highest BCUT2D eigenvalue weighted by Gasteiger charge is 2.28. The first-order valence-corrected chi connectivity index (χ1v) is 4.43. The number of benzene rings is 1. The second-order valence-corrected chi connectivity index (χ2v) is 3.26. The van der Waals surface area contributed by atoms with Crippen LogP contribution in [0.25, 0.3) is 0 Å². The maximum absolute atomic E-state index is 11.8. The highest BCUT2D eigenvalue weighted by Crippen LogP contribution is 2.20. The first kappa shape index (κ1) is 11.8. The van der Waals surface area contributed by atoms with Crippen LogP contribution in [0.4, 0.5) is 13.2 Å². The molecular formula is C10H12F3NO. The maximum atomic E-state index is 11.8. The number of nitrogens with two attached hydrogens (primary N) is 1. The quantitative estimate of drug-likeness (QED) is 0.848. The van der Waals surface area contributed by atoms with E-state index in [2.05, 4.69) is 4.74 Å². The van der Waals surface area contributed by atoms with E-state index >= 15 is 0 Å². The fraction of sp³-hybridized carbons (Fsp3) is 0.400. The molecule has 5 heteroatoms. The average Bonchev–Trinajstić information content (AvgIpc) is 2.14. The van der Waals surface area contributed by atoms with Gasteiger partial charge in [0.25, 0.3) is 0 Å². The molecule has 0 aliphatic rings. The third-order valence-electron chi connectivity index (χ3n) is 1.81. The Morgan fingerprint density at radius 2 is 1.80 bits per heavy atom. The zero-order valence-electron chi connectivity index (χ0n) is 8.21. The van der Waals surface area contributed by atoms with Crippen LogP contribution >= 0.6 is 0 Å². The summed E-state index contributed by atoms with van der Waals surface area (Å²) in [6.07, 6.45) is -4.31. The van der Waals surface area contributed by atoms with E-state index in [1.807, 2.05) is 0 Å². The van der Waals surface area contributed by atoms with Crippen LogP contribution in [0.5, 0.6) is 5.75 Å². The summed E-state index contributed by atoms with van der Waals surface area (Å²) in [5.41, 5.74) is 6.44. The SMILES string of the molecule is C[C@@H](N)c1ccc(OCC(F)(F)F)cc1. The first-order valence-electron chi connectivity index (χ1n) is 4.43. The van der Waals surface area contributed by atoms with Crippen molar-refractivity contribution in [2.24, 2.45) is 5.73 Å². The molecule has 2 N–H and O–H groups in total. The van der Waals surface area contributed by atoms with Gasteiger partial charge in [-0.05, 0) is 24.6 Å². The van der Waals surface area contributed by atoms with E-state index in [0.29, 0.717) is 0 Å². The number of alkyl halides is 3. The Morgan fingerprint density at radius 1 is 1.27 bits per heavy atom. The normalized spacial score (nSPS) is 13.7. The third-order valence-corrected chi connectivity index (χ3v) is 1.81. The van der Waals surface area contributed by atoms with Crippen LogP contribution in [-0.2, 0) is 0 Å². The van der Waals surface area contributed by atoms with Gasteiger partial charge in [0.2, 0.25) is 0 Å². The minimum atomic E-state index is -4.31. The average molecular weight is 219 g/mol. The molecule has 0 aliphatic heterocycles. The van der Waals surface area contributed by atoms with Crippen LogP contribution in [0.2, 0.25) is 0 Å². The van der Waals surface area contributed by atoms with Crippen molar-refractivity contribution >= 4 is 0 Å². The summed E-state index contributed by atoms with van der Waals surface area (Å²) < 4.78 is 40.0. The van der Waals surface area contributed by atoms with Crippen LogP contribution in [-0.4, -0.2) is 12.8 Å². The molecule has 0 spiro atoms. The van der Waals surface area contributed by atoms with E-state index in [4.69, 9.17) is 5.73 Å². The fourth-order valence-electron chi connectivity index (χ4n) is 1.03. The molecule has 0 aliphatic carbocycles. The summed E-state index contributed by atoms with van der Waals surface area (Å²) in [4.78, 5) is 0. The summed E-state index contributed by atoms with van der Waals surface area (Å²) in [5, 5.41) is 0. The lowest BCUT2D eigenvalue weighted by atomic mass is 10.1. The summed E-state index contributed by atoms with van der Waals surface area (Å²) in [7, 11) is 0. The van der Waals surface area contributed by atoms with Gasteiger partial charge in [-0.2, -0.15) is 13.2 Å². The standard InChI is InChI=1S/C10H12F3NO/c1-7(14)8-2-4-9(5-3-8)15-6-10(11,12)13/h2-5,7H,6,14H2,1H3/t7-/m1/s1. The van der Waals surface area contributed by atoms with Gasteiger partial charge in [-0.15, -0.1) is 0 Å². The van der Waals surface area contributed by atoms with Crippen LogP contribution in [0, 0.1) is 0 Å². The lowest BCUT2D eigenvalue weighted by molar-refractivity contribution is -0.153. The van der Waals surface area contributed by atoms with Crippen LogP contribution in [0.3, 0.4) is 0 Å². The van der Waals surface area contributed by atoms with Gasteiger partial charge >= 0.3 is 6.18 Å². The van der Waals surface area contributed by atoms with Gasteiger partial charge in [-0.3, -0.25) is 0 Å². The molecule has 0 heterocycles. The Hall–Kier alpha value is -1.23. The molecular weight excluding hydrogens is 207 g/mol. The predicted molar refractivity (Wildman–Crippen MR) is 50.6 cm³/mol. The van der Waals surface area contributed by atoms with E-state index in [9.17, 15) is 13.2 Å². The lowest BCUT2D eigenvalue weighted by Gasteiger charge is -2.10. The van der Waals surface area contributed by atoms with Crippen molar-refractivity contribution in [1.82, 2.24) is 0 Å². The van der Waals surface area contributed by atoms with Gasteiger partial charge in [0, 0.05) is 6.04 Å². The number of ether oxygens (including phenoxy) is 1. The molecule has 0 fully saturated rings. The Kier molecular flexibility index (Phi) is 3.57. The second-order valence-electron chi connectivity index (χ2n) is 3.26. The molecule has 1 aromatic rings. The number of rotatable bonds is 3. The largest absolute Gasteiger partial charge is 0.484 e. The Morgan fingerprint density at radius 3 is 2.20 bits per heavy atom. The molecule has 1 rings (SSSR count). The molecule has 0 amide bonds. The molecule has 84 valence electrons. The van der Waals surface area contributed by atoms with Crippen LogP contribution in [0.1, 0.15) is 18.5 Å². The predicted octanol–water partition coefficient (Wildman–Crippen LogP) is 2.65. The fourth-order valence-corrected chi connectivity index (χ4v) is 1.03. The van der Waals surface area contributed by atoms with Crippen LogP contribution < -0.4 is 10.5 Å². The molecule has 0 saturated heterocycles.